The van der Waals surface area contributed by atoms with Crippen molar-refractivity contribution in [1.82, 2.24) is 10.7 Å². The minimum Gasteiger partial charge on any atom is -0.329 e. The largest absolute Gasteiger partial charge is 0.341 e. The highest BCUT2D eigenvalue weighted by atomic mass is 16.2. The summed E-state index contributed by atoms with van der Waals surface area (Å²) in [5.74, 6) is -0.390. The number of nitrogens with zero attached hydrogens (tertiary/aromatic N) is 1. The summed E-state index contributed by atoms with van der Waals surface area (Å²) in [4.78, 5) is 32.7. The molecule has 0 aliphatic rings. The molecule has 6 heteroatoms. The third-order valence-electron chi connectivity index (χ3n) is 1.80. The Labute approximate surface area is 98.6 Å². The van der Waals surface area contributed by atoms with Crippen LogP contribution in [0.25, 0.3) is 0 Å². The van der Waals surface area contributed by atoms with Crippen LogP contribution in [0.2, 0.25) is 0 Å². The first-order valence-corrected chi connectivity index (χ1v) is 4.90. The van der Waals surface area contributed by atoms with Crippen molar-refractivity contribution in [2.45, 2.75) is 6.92 Å². The third kappa shape index (κ3) is 3.94. The Hall–Kier alpha value is -2.37. The van der Waals surface area contributed by atoms with Gasteiger partial charge in [0.2, 0.25) is 12.2 Å². The van der Waals surface area contributed by atoms with Gasteiger partial charge in [0.15, 0.2) is 0 Å². The molecule has 0 aliphatic carbocycles. The van der Waals surface area contributed by atoms with Crippen molar-refractivity contribution in [2.75, 3.05) is 11.6 Å². The van der Waals surface area contributed by atoms with Gasteiger partial charge < -0.3 is 5.32 Å². The number of para-hydroxylation sites is 1. The Balaban J connectivity index is 2.84. The Morgan fingerprint density at radius 2 is 1.94 bits per heavy atom. The minimum absolute atomic E-state index is 0.234. The predicted octanol–water partition coefficient (Wildman–Crippen LogP) is 0.363. The van der Waals surface area contributed by atoms with Crippen LogP contribution in [0.4, 0.5) is 10.5 Å². The molecule has 1 radical (unpaired) electrons. The van der Waals surface area contributed by atoms with Gasteiger partial charge in [-0.15, -0.1) is 0 Å². The van der Waals surface area contributed by atoms with Crippen molar-refractivity contribution < 1.29 is 14.4 Å². The molecule has 6 nitrogen and oxygen atoms in total. The first-order valence-electron chi connectivity index (χ1n) is 4.90. The molecule has 1 aromatic carbocycles. The summed E-state index contributed by atoms with van der Waals surface area (Å²) in [6, 6.07) is 7.94. The average molecular weight is 234 g/mol. The van der Waals surface area contributed by atoms with Crippen LogP contribution in [-0.2, 0) is 9.59 Å². The lowest BCUT2D eigenvalue weighted by Crippen LogP contribution is -2.50. The summed E-state index contributed by atoms with van der Waals surface area (Å²) in [5.41, 5.74) is 2.85. The van der Waals surface area contributed by atoms with E-state index in [0.29, 0.717) is 5.69 Å². The molecule has 0 spiro atoms. The van der Waals surface area contributed by atoms with Crippen LogP contribution in [-0.4, -0.2) is 24.8 Å². The maximum absolute atomic E-state index is 11.7. The van der Waals surface area contributed by atoms with E-state index in [1.54, 1.807) is 30.3 Å². The number of anilines is 1. The Kier molecular flexibility index (Phi) is 4.68. The van der Waals surface area contributed by atoms with Gasteiger partial charge in [0, 0.05) is 6.92 Å². The van der Waals surface area contributed by atoms with E-state index >= 15 is 0 Å². The molecule has 0 saturated carbocycles. The van der Waals surface area contributed by atoms with Gasteiger partial charge in [-0.3, -0.25) is 15.0 Å². The van der Waals surface area contributed by atoms with Gasteiger partial charge in [0.05, 0.1) is 12.2 Å². The van der Waals surface area contributed by atoms with Crippen LogP contribution < -0.4 is 15.8 Å². The number of hydrogen-bond acceptors (Lipinski definition) is 3. The number of hydrazine groups is 1. The topological polar surface area (TPSA) is 78.5 Å². The second-order valence-corrected chi connectivity index (χ2v) is 3.14. The van der Waals surface area contributed by atoms with E-state index in [9.17, 15) is 14.4 Å². The van der Waals surface area contributed by atoms with Crippen LogP contribution >= 0.6 is 0 Å². The fourth-order valence-electron chi connectivity index (χ4n) is 1.16. The molecule has 17 heavy (non-hydrogen) atoms. The normalized spacial score (nSPS) is 9.24. The van der Waals surface area contributed by atoms with E-state index in [2.05, 4.69) is 10.7 Å². The molecule has 0 bridgehead atoms. The van der Waals surface area contributed by atoms with Gasteiger partial charge in [0.1, 0.15) is 0 Å². The van der Waals surface area contributed by atoms with Crippen molar-refractivity contribution in [3.63, 3.8) is 0 Å². The number of amides is 3. The van der Waals surface area contributed by atoms with Crippen LogP contribution in [0, 0.1) is 0 Å². The van der Waals surface area contributed by atoms with E-state index in [0.717, 1.165) is 5.01 Å². The maximum Gasteiger partial charge on any atom is 0.341 e. The lowest BCUT2D eigenvalue weighted by Gasteiger charge is -2.22. The number of carbonyl (C=O) groups excluding carboxylic acids is 3. The Morgan fingerprint density at radius 3 is 2.47 bits per heavy atom. The lowest BCUT2D eigenvalue weighted by molar-refractivity contribution is -0.119. The fourth-order valence-corrected chi connectivity index (χ4v) is 1.16. The van der Waals surface area contributed by atoms with Crippen LogP contribution in [0.1, 0.15) is 6.92 Å². The zero-order valence-electron chi connectivity index (χ0n) is 9.27. The highest BCUT2D eigenvalue weighted by Crippen LogP contribution is 2.10. The second kappa shape index (κ2) is 6.26. The van der Waals surface area contributed by atoms with Gasteiger partial charge in [0.25, 0.3) is 0 Å². The SMILES string of the molecule is CC(=O)NN(C(=O)NC[C]=O)c1ccccc1. The number of nitrogens with one attached hydrogen (secondary N) is 2. The molecule has 0 fully saturated rings. The first kappa shape index (κ1) is 12.7. The molecular weight excluding hydrogens is 222 g/mol. The Bertz CT molecular complexity index is 406. The van der Waals surface area contributed by atoms with Crippen LogP contribution in [0.3, 0.4) is 0 Å². The first-order chi connectivity index (χ1) is 8.15. The highest BCUT2D eigenvalue weighted by Gasteiger charge is 2.15. The molecule has 0 atom stereocenters. The van der Waals surface area contributed by atoms with E-state index in [1.807, 2.05) is 0 Å². The summed E-state index contributed by atoms with van der Waals surface area (Å²) in [7, 11) is 0. The number of hydrogen-bond donors (Lipinski definition) is 2. The third-order valence-corrected chi connectivity index (χ3v) is 1.80. The molecule has 0 aromatic heterocycles. The Morgan fingerprint density at radius 1 is 1.29 bits per heavy atom. The van der Waals surface area contributed by atoms with E-state index in [-0.39, 0.29) is 12.5 Å². The molecule has 89 valence electrons. The molecule has 0 unspecified atom stereocenters. The lowest BCUT2D eigenvalue weighted by atomic mass is 10.3. The van der Waals surface area contributed by atoms with Gasteiger partial charge in [-0.1, -0.05) is 18.2 Å². The molecule has 1 aromatic rings. The summed E-state index contributed by atoms with van der Waals surface area (Å²) >= 11 is 0. The smallest absolute Gasteiger partial charge is 0.329 e. The number of carbonyl (C=O) groups is 2. The van der Waals surface area contributed by atoms with Crippen molar-refractivity contribution >= 4 is 23.9 Å². The second-order valence-electron chi connectivity index (χ2n) is 3.14. The molecule has 0 aliphatic heterocycles. The van der Waals surface area contributed by atoms with Gasteiger partial charge in [-0.05, 0) is 12.1 Å². The predicted molar refractivity (Wildman–Crippen MR) is 61.8 cm³/mol. The molecular formula is C11H12N3O3. The molecule has 3 amide bonds. The number of urea groups is 1. The van der Waals surface area contributed by atoms with Crippen molar-refractivity contribution in [3.05, 3.63) is 30.3 Å². The zero-order chi connectivity index (χ0) is 12.7. The van der Waals surface area contributed by atoms with Crippen molar-refractivity contribution in [3.8, 4) is 0 Å². The van der Waals surface area contributed by atoms with Crippen molar-refractivity contribution in [1.29, 1.82) is 0 Å². The monoisotopic (exact) mass is 234 g/mol. The number of rotatable bonds is 3. The standard InChI is InChI=1S/C11H12N3O3/c1-9(16)13-14(11(17)12-7-8-15)10-5-3-2-4-6-10/h2-6H,7H2,1H3,(H,12,17)(H,13,16). The van der Waals surface area contributed by atoms with E-state index < -0.39 is 6.03 Å². The zero-order valence-corrected chi connectivity index (χ0v) is 9.27. The number of benzene rings is 1. The average Bonchev–Trinajstić information content (AvgIpc) is 2.34. The summed E-state index contributed by atoms with van der Waals surface area (Å²) in [6.45, 7) is 1.05. The van der Waals surface area contributed by atoms with Gasteiger partial charge >= 0.3 is 6.03 Å². The highest BCUT2D eigenvalue weighted by molar-refractivity contribution is 5.95. The van der Waals surface area contributed by atoms with E-state index in [1.165, 1.54) is 13.2 Å². The quantitative estimate of drug-likeness (QED) is 0.741. The molecule has 0 saturated heterocycles. The van der Waals surface area contributed by atoms with Gasteiger partial charge in [-0.25, -0.2) is 9.80 Å². The fraction of sp³-hybridized carbons (Fsp3) is 0.182. The molecule has 1 rings (SSSR count). The molecule has 2 N–H and O–H groups in total. The minimum atomic E-state index is -0.602. The van der Waals surface area contributed by atoms with E-state index in [4.69, 9.17) is 0 Å². The summed E-state index contributed by atoms with van der Waals surface area (Å²) in [5, 5.41) is 3.31. The van der Waals surface area contributed by atoms with Gasteiger partial charge in [-0.2, -0.15) is 0 Å². The molecule has 0 heterocycles. The maximum atomic E-state index is 11.7. The van der Waals surface area contributed by atoms with Crippen molar-refractivity contribution in [2.24, 2.45) is 0 Å². The van der Waals surface area contributed by atoms with Crippen LogP contribution in [0.15, 0.2) is 30.3 Å². The summed E-state index contributed by atoms with van der Waals surface area (Å²) < 4.78 is 0. The summed E-state index contributed by atoms with van der Waals surface area (Å²) in [6.07, 6.45) is 1.54. The van der Waals surface area contributed by atoms with Crippen LogP contribution in [0.5, 0.6) is 0 Å².